The maximum absolute atomic E-state index is 13.1. The topological polar surface area (TPSA) is 117 Å². The quantitative estimate of drug-likeness (QED) is 0.474. The largest absolute Gasteiger partial charge is 0.390 e. The fourth-order valence-corrected chi connectivity index (χ4v) is 3.23. The van der Waals surface area contributed by atoms with Gasteiger partial charge in [-0.3, -0.25) is 14.4 Å². The predicted molar refractivity (Wildman–Crippen MR) is 108 cm³/mol. The van der Waals surface area contributed by atoms with Crippen LogP contribution in [0.3, 0.4) is 0 Å². The Bertz CT molecular complexity index is 954. The molecule has 0 aliphatic carbocycles. The van der Waals surface area contributed by atoms with Crippen LogP contribution in [0.1, 0.15) is 23.7 Å². The number of hydrogen-bond donors (Lipinski definition) is 3. The van der Waals surface area contributed by atoms with Crippen LogP contribution >= 0.6 is 11.6 Å². The minimum atomic E-state index is -1.59. The minimum absolute atomic E-state index is 0.102. The third-order valence-corrected chi connectivity index (χ3v) is 4.79. The van der Waals surface area contributed by atoms with E-state index in [1.807, 2.05) is 0 Å². The van der Waals surface area contributed by atoms with Crippen molar-refractivity contribution in [3.63, 3.8) is 0 Å². The second kappa shape index (κ2) is 9.66. The molecule has 0 bridgehead atoms. The average molecular weight is 435 g/mol. The summed E-state index contributed by atoms with van der Waals surface area (Å²) < 4.78 is 13.1. The van der Waals surface area contributed by atoms with Gasteiger partial charge in [0.05, 0.1) is 18.6 Å². The van der Waals surface area contributed by atoms with Crippen molar-refractivity contribution in [2.45, 2.75) is 25.1 Å². The average Bonchev–Trinajstić information content (AvgIpc) is 3.23. The molecule has 8 nitrogen and oxygen atoms in total. The van der Waals surface area contributed by atoms with Crippen LogP contribution in [0.15, 0.2) is 47.5 Å². The van der Waals surface area contributed by atoms with E-state index in [0.717, 1.165) is 23.5 Å². The lowest BCUT2D eigenvalue weighted by Crippen LogP contribution is -2.46. The van der Waals surface area contributed by atoms with Crippen molar-refractivity contribution in [3.8, 4) is 0 Å². The highest BCUT2D eigenvalue weighted by Gasteiger charge is 2.38. The molecule has 2 amide bonds. The van der Waals surface area contributed by atoms with Gasteiger partial charge >= 0.3 is 0 Å². The van der Waals surface area contributed by atoms with Gasteiger partial charge < -0.3 is 16.2 Å². The molecule has 2 unspecified atom stereocenters. The molecule has 30 heavy (non-hydrogen) atoms. The summed E-state index contributed by atoms with van der Waals surface area (Å²) in [7, 11) is 0. The van der Waals surface area contributed by atoms with Crippen LogP contribution in [0.4, 0.5) is 10.1 Å². The molecule has 10 heteroatoms. The maximum Gasteiger partial charge on any atom is 0.280 e. The zero-order valence-corrected chi connectivity index (χ0v) is 16.6. The van der Waals surface area contributed by atoms with E-state index in [4.69, 9.17) is 22.2 Å². The molecule has 1 heterocycles. The molecule has 0 saturated carbocycles. The minimum Gasteiger partial charge on any atom is -0.390 e. The summed E-state index contributed by atoms with van der Waals surface area (Å²) in [4.78, 5) is 34.6. The number of amides is 2. The SMILES string of the molecule is NC=Nc1ccc(Cl)cc1CNC(=O)C1CCON1C(=O)C(O)c1ccc(F)cc1. The number of carbonyl (C=O) groups is 2. The Balaban J connectivity index is 1.68. The predicted octanol–water partition coefficient (Wildman–Crippen LogP) is 1.98. The molecule has 2 aromatic rings. The van der Waals surface area contributed by atoms with Gasteiger partial charge in [0.25, 0.3) is 5.91 Å². The van der Waals surface area contributed by atoms with Crippen molar-refractivity contribution in [1.29, 1.82) is 0 Å². The summed E-state index contributed by atoms with van der Waals surface area (Å²) in [6, 6.07) is 8.89. The fraction of sp³-hybridized carbons (Fsp3) is 0.250. The number of hydroxylamine groups is 2. The number of aliphatic hydroxyl groups excluding tert-OH is 1. The van der Waals surface area contributed by atoms with Crippen LogP contribution in [-0.2, 0) is 21.0 Å². The van der Waals surface area contributed by atoms with Gasteiger partial charge in [-0.25, -0.2) is 14.4 Å². The molecule has 0 spiro atoms. The Hall–Kier alpha value is -3.01. The van der Waals surface area contributed by atoms with E-state index < -0.39 is 29.8 Å². The number of nitrogens with two attached hydrogens (primary N) is 1. The van der Waals surface area contributed by atoms with Gasteiger partial charge in [0, 0.05) is 18.0 Å². The molecular weight excluding hydrogens is 415 g/mol. The van der Waals surface area contributed by atoms with Crippen molar-refractivity contribution < 1.29 is 23.9 Å². The van der Waals surface area contributed by atoms with Crippen molar-refractivity contribution in [1.82, 2.24) is 10.4 Å². The lowest BCUT2D eigenvalue weighted by atomic mass is 10.1. The van der Waals surface area contributed by atoms with E-state index >= 15 is 0 Å². The lowest BCUT2D eigenvalue weighted by molar-refractivity contribution is -0.187. The molecule has 1 fully saturated rings. The monoisotopic (exact) mass is 434 g/mol. The number of nitrogens with zero attached hydrogens (tertiary/aromatic N) is 2. The van der Waals surface area contributed by atoms with E-state index in [2.05, 4.69) is 10.3 Å². The molecule has 3 rings (SSSR count). The molecular formula is C20H20ClFN4O4. The number of aliphatic imine (C=N–C) groups is 1. The summed E-state index contributed by atoms with van der Waals surface area (Å²) in [5.41, 5.74) is 6.72. The molecule has 0 aromatic heterocycles. The second-order valence-corrected chi connectivity index (χ2v) is 6.96. The first-order valence-corrected chi connectivity index (χ1v) is 9.48. The van der Waals surface area contributed by atoms with Crippen LogP contribution in [-0.4, -0.2) is 41.0 Å². The van der Waals surface area contributed by atoms with E-state index in [-0.39, 0.29) is 25.1 Å². The van der Waals surface area contributed by atoms with Crippen LogP contribution in [0.5, 0.6) is 0 Å². The number of hydrogen-bond acceptors (Lipinski definition) is 5. The van der Waals surface area contributed by atoms with E-state index in [1.165, 1.54) is 12.1 Å². The maximum atomic E-state index is 13.1. The standard InChI is InChI=1S/C20H20ClFN4O4/c21-14-3-6-16(25-11-23)13(9-14)10-24-19(28)17-7-8-30-26(17)20(29)18(27)12-1-4-15(22)5-2-12/h1-6,9,11,17-18,27H,7-8,10H2,(H2,23,25)(H,24,28). The fourth-order valence-electron chi connectivity index (χ4n) is 3.03. The molecule has 4 N–H and O–H groups in total. The highest BCUT2D eigenvalue weighted by Crippen LogP contribution is 2.25. The van der Waals surface area contributed by atoms with Crippen molar-refractivity contribution in [3.05, 3.63) is 64.4 Å². The summed E-state index contributed by atoms with van der Waals surface area (Å²) in [5, 5.41) is 14.4. The number of benzene rings is 2. The molecule has 0 radical (unpaired) electrons. The third kappa shape index (κ3) is 4.93. The van der Waals surface area contributed by atoms with Crippen LogP contribution in [0.2, 0.25) is 5.02 Å². The lowest BCUT2D eigenvalue weighted by Gasteiger charge is -2.24. The second-order valence-electron chi connectivity index (χ2n) is 6.52. The highest BCUT2D eigenvalue weighted by molar-refractivity contribution is 6.30. The summed E-state index contributed by atoms with van der Waals surface area (Å²) in [6.45, 7) is 0.241. The number of aliphatic hydroxyl groups is 1. The summed E-state index contributed by atoms with van der Waals surface area (Å²) in [6.07, 6.45) is -0.189. The Labute approximate surface area is 177 Å². The molecule has 2 aromatic carbocycles. The Morgan fingerprint density at radius 3 is 2.80 bits per heavy atom. The highest BCUT2D eigenvalue weighted by atomic mass is 35.5. The Morgan fingerprint density at radius 1 is 1.37 bits per heavy atom. The van der Waals surface area contributed by atoms with Crippen LogP contribution in [0, 0.1) is 5.82 Å². The number of nitrogens with one attached hydrogen (secondary N) is 1. The van der Waals surface area contributed by atoms with Gasteiger partial charge in [-0.2, -0.15) is 0 Å². The summed E-state index contributed by atoms with van der Waals surface area (Å²) >= 11 is 6.01. The van der Waals surface area contributed by atoms with Gasteiger partial charge in [-0.1, -0.05) is 23.7 Å². The molecule has 1 saturated heterocycles. The van der Waals surface area contributed by atoms with Gasteiger partial charge in [-0.05, 0) is 41.5 Å². The molecule has 158 valence electrons. The van der Waals surface area contributed by atoms with E-state index in [9.17, 15) is 19.1 Å². The van der Waals surface area contributed by atoms with Crippen molar-refractivity contribution in [2.24, 2.45) is 10.7 Å². The third-order valence-electron chi connectivity index (χ3n) is 4.55. The molecule has 1 aliphatic heterocycles. The van der Waals surface area contributed by atoms with Gasteiger partial charge in [0.15, 0.2) is 6.10 Å². The first-order valence-electron chi connectivity index (χ1n) is 9.10. The van der Waals surface area contributed by atoms with Crippen LogP contribution in [0.25, 0.3) is 0 Å². The van der Waals surface area contributed by atoms with Gasteiger partial charge in [-0.15, -0.1) is 0 Å². The normalized spacial score (nSPS) is 17.3. The zero-order valence-electron chi connectivity index (χ0n) is 15.8. The smallest absolute Gasteiger partial charge is 0.280 e. The Kier molecular flexibility index (Phi) is 6.99. The molecule has 1 aliphatic rings. The van der Waals surface area contributed by atoms with E-state index in [0.29, 0.717) is 16.3 Å². The summed E-state index contributed by atoms with van der Waals surface area (Å²) in [5.74, 6) is -1.77. The zero-order chi connectivity index (χ0) is 21.7. The van der Waals surface area contributed by atoms with Crippen molar-refractivity contribution >= 4 is 35.4 Å². The van der Waals surface area contributed by atoms with Crippen LogP contribution < -0.4 is 11.1 Å². The first-order chi connectivity index (χ1) is 14.4. The van der Waals surface area contributed by atoms with E-state index in [1.54, 1.807) is 18.2 Å². The Morgan fingerprint density at radius 2 is 2.10 bits per heavy atom. The van der Waals surface area contributed by atoms with Gasteiger partial charge in [0.1, 0.15) is 11.9 Å². The number of carbonyl (C=O) groups excluding carboxylic acids is 2. The van der Waals surface area contributed by atoms with Gasteiger partial charge in [0.2, 0.25) is 5.91 Å². The molecule has 2 atom stereocenters. The number of rotatable bonds is 6. The van der Waals surface area contributed by atoms with Crippen molar-refractivity contribution in [2.75, 3.05) is 6.61 Å². The number of halogens is 2. The first kappa shape index (κ1) is 21.7.